The molecule has 0 aliphatic carbocycles. The van der Waals surface area contributed by atoms with E-state index in [4.69, 9.17) is 23.2 Å². The highest BCUT2D eigenvalue weighted by atomic mass is 35.5. The van der Waals surface area contributed by atoms with Crippen molar-refractivity contribution in [1.29, 1.82) is 0 Å². The van der Waals surface area contributed by atoms with Crippen LogP contribution >= 0.6 is 23.2 Å². The van der Waals surface area contributed by atoms with Crippen LogP contribution in [-0.4, -0.2) is 41.1 Å². The van der Waals surface area contributed by atoms with E-state index in [1.54, 1.807) is 29.2 Å². The molecule has 2 aromatic rings. The van der Waals surface area contributed by atoms with E-state index in [9.17, 15) is 8.42 Å². The van der Waals surface area contributed by atoms with Crippen LogP contribution in [0.1, 0.15) is 6.92 Å². The molecule has 0 unspecified atom stereocenters. The summed E-state index contributed by atoms with van der Waals surface area (Å²) in [6.45, 7) is 7.62. The minimum absolute atomic E-state index is 0.0228. The number of nitrogens with one attached hydrogen (secondary N) is 2. The van der Waals surface area contributed by atoms with Crippen molar-refractivity contribution in [1.82, 2.24) is 0 Å². The maximum atomic E-state index is 12.6. The summed E-state index contributed by atoms with van der Waals surface area (Å²) in [5.41, 5.74) is 1.59. The molecular formula is C18H22Cl2N3O2S+. The SMILES string of the molecule is CC[NH+]1CCN(c2ccc(NS(=O)(=O)c3cccc(Cl)c3Cl)cc2)CC1. The summed E-state index contributed by atoms with van der Waals surface area (Å²) < 4.78 is 27.7. The lowest BCUT2D eigenvalue weighted by Gasteiger charge is -2.33. The average molecular weight is 415 g/mol. The normalized spacial score (nSPS) is 15.9. The lowest BCUT2D eigenvalue weighted by Crippen LogP contribution is -3.14. The quantitative estimate of drug-likeness (QED) is 0.789. The smallest absolute Gasteiger partial charge is 0.263 e. The molecule has 1 aliphatic heterocycles. The number of rotatable bonds is 5. The first-order chi connectivity index (χ1) is 12.4. The zero-order chi connectivity index (χ0) is 18.7. The highest BCUT2D eigenvalue weighted by molar-refractivity contribution is 7.92. The molecule has 1 saturated heterocycles. The van der Waals surface area contributed by atoms with Gasteiger partial charge in [0.15, 0.2) is 0 Å². The van der Waals surface area contributed by atoms with Gasteiger partial charge in [-0.2, -0.15) is 0 Å². The molecular weight excluding hydrogens is 393 g/mol. The Balaban J connectivity index is 1.72. The summed E-state index contributed by atoms with van der Waals surface area (Å²) in [4.78, 5) is 3.91. The van der Waals surface area contributed by atoms with E-state index in [-0.39, 0.29) is 14.9 Å². The van der Waals surface area contributed by atoms with Gasteiger partial charge in [0, 0.05) is 11.4 Å². The van der Waals surface area contributed by atoms with Crippen molar-refractivity contribution in [2.75, 3.05) is 42.3 Å². The Morgan fingerprint density at radius 1 is 1.08 bits per heavy atom. The Kier molecular flexibility index (Phi) is 5.97. The second-order valence-electron chi connectivity index (χ2n) is 6.29. The van der Waals surface area contributed by atoms with Gasteiger partial charge in [-0.1, -0.05) is 29.3 Å². The van der Waals surface area contributed by atoms with E-state index in [0.29, 0.717) is 5.69 Å². The molecule has 1 aliphatic rings. The van der Waals surface area contributed by atoms with Crippen molar-refractivity contribution in [3.63, 3.8) is 0 Å². The van der Waals surface area contributed by atoms with Gasteiger partial charge in [-0.3, -0.25) is 4.72 Å². The molecule has 0 amide bonds. The van der Waals surface area contributed by atoms with E-state index in [2.05, 4.69) is 16.5 Å². The molecule has 140 valence electrons. The standard InChI is InChI=1S/C18H21Cl2N3O2S/c1-2-22-10-12-23(13-11-22)15-8-6-14(7-9-15)21-26(24,25)17-5-3-4-16(19)18(17)20/h3-9,21H,2,10-13H2,1H3/p+1. The molecule has 0 radical (unpaired) electrons. The molecule has 1 heterocycles. The molecule has 0 atom stereocenters. The molecule has 0 aromatic heterocycles. The highest BCUT2D eigenvalue weighted by Crippen LogP contribution is 2.30. The number of quaternary nitrogens is 1. The monoisotopic (exact) mass is 414 g/mol. The molecule has 2 N–H and O–H groups in total. The second-order valence-corrected chi connectivity index (χ2v) is 8.73. The van der Waals surface area contributed by atoms with Crippen LogP contribution in [0.4, 0.5) is 11.4 Å². The molecule has 5 nitrogen and oxygen atoms in total. The fourth-order valence-electron chi connectivity index (χ4n) is 3.08. The van der Waals surface area contributed by atoms with Crippen LogP contribution in [0.15, 0.2) is 47.4 Å². The number of hydrogen-bond acceptors (Lipinski definition) is 3. The van der Waals surface area contributed by atoms with E-state index in [1.165, 1.54) is 6.07 Å². The number of nitrogens with zero attached hydrogens (tertiary/aromatic N) is 1. The number of piperazine rings is 1. The minimum atomic E-state index is -3.80. The van der Waals surface area contributed by atoms with E-state index >= 15 is 0 Å². The number of hydrogen-bond donors (Lipinski definition) is 2. The first-order valence-corrected chi connectivity index (χ1v) is 10.8. The second kappa shape index (κ2) is 8.05. The average Bonchev–Trinajstić information content (AvgIpc) is 2.64. The predicted molar refractivity (Wildman–Crippen MR) is 107 cm³/mol. The van der Waals surface area contributed by atoms with Gasteiger partial charge in [-0.05, 0) is 43.3 Å². The highest BCUT2D eigenvalue weighted by Gasteiger charge is 2.21. The Morgan fingerprint density at radius 2 is 1.73 bits per heavy atom. The van der Waals surface area contributed by atoms with Crippen LogP contribution in [0, 0.1) is 0 Å². The van der Waals surface area contributed by atoms with Gasteiger partial charge in [-0.25, -0.2) is 8.42 Å². The largest absolute Gasteiger partial charge is 0.360 e. The Labute approximate surface area is 164 Å². The summed E-state index contributed by atoms with van der Waals surface area (Å²) in [7, 11) is -3.80. The number of likely N-dealkylation sites (N-methyl/N-ethyl adjacent to an activating group) is 1. The maximum Gasteiger partial charge on any atom is 0.263 e. The van der Waals surface area contributed by atoms with Crippen LogP contribution in [0.3, 0.4) is 0 Å². The van der Waals surface area contributed by atoms with Gasteiger partial charge < -0.3 is 9.80 Å². The topological polar surface area (TPSA) is 53.9 Å². The Morgan fingerprint density at radius 3 is 2.35 bits per heavy atom. The van der Waals surface area contributed by atoms with Crippen molar-refractivity contribution in [3.8, 4) is 0 Å². The zero-order valence-corrected chi connectivity index (χ0v) is 16.8. The summed E-state index contributed by atoms with van der Waals surface area (Å²) in [6, 6.07) is 12.0. The van der Waals surface area contributed by atoms with Crippen molar-refractivity contribution >= 4 is 44.6 Å². The predicted octanol–water partition coefficient (Wildman–Crippen LogP) is 2.52. The van der Waals surface area contributed by atoms with Crippen LogP contribution < -0.4 is 14.5 Å². The fourth-order valence-corrected chi connectivity index (χ4v) is 4.90. The third-order valence-electron chi connectivity index (χ3n) is 4.66. The zero-order valence-electron chi connectivity index (χ0n) is 14.5. The summed E-state index contributed by atoms with van der Waals surface area (Å²) >= 11 is 12.0. The maximum absolute atomic E-state index is 12.6. The van der Waals surface area contributed by atoms with Gasteiger partial charge in [0.2, 0.25) is 0 Å². The summed E-state index contributed by atoms with van der Waals surface area (Å²) in [6.07, 6.45) is 0. The van der Waals surface area contributed by atoms with Crippen molar-refractivity contribution in [3.05, 3.63) is 52.5 Å². The Hall–Kier alpha value is -1.47. The number of sulfonamides is 1. The lowest BCUT2D eigenvalue weighted by atomic mass is 10.2. The molecule has 1 fully saturated rings. The van der Waals surface area contributed by atoms with Crippen molar-refractivity contribution in [2.24, 2.45) is 0 Å². The lowest BCUT2D eigenvalue weighted by molar-refractivity contribution is -0.898. The van der Waals surface area contributed by atoms with Gasteiger partial charge in [-0.15, -0.1) is 0 Å². The molecule has 26 heavy (non-hydrogen) atoms. The van der Waals surface area contributed by atoms with Crippen LogP contribution in [0.25, 0.3) is 0 Å². The number of benzene rings is 2. The molecule has 0 spiro atoms. The third-order valence-corrected chi connectivity index (χ3v) is 7.02. The van der Waals surface area contributed by atoms with E-state index < -0.39 is 10.0 Å². The first-order valence-electron chi connectivity index (χ1n) is 8.56. The first kappa shape index (κ1) is 19.3. The van der Waals surface area contributed by atoms with Crippen LogP contribution in [0.5, 0.6) is 0 Å². The van der Waals surface area contributed by atoms with Crippen molar-refractivity contribution < 1.29 is 13.3 Å². The number of anilines is 2. The summed E-state index contributed by atoms with van der Waals surface area (Å²) in [5, 5.41) is 0.229. The van der Waals surface area contributed by atoms with Crippen molar-refractivity contribution in [2.45, 2.75) is 11.8 Å². The molecule has 0 saturated carbocycles. The van der Waals surface area contributed by atoms with Gasteiger partial charge in [0.05, 0.1) is 42.8 Å². The van der Waals surface area contributed by atoms with E-state index in [0.717, 1.165) is 38.4 Å². The molecule has 3 rings (SSSR count). The van der Waals surface area contributed by atoms with Crippen LogP contribution in [-0.2, 0) is 10.0 Å². The van der Waals surface area contributed by atoms with Crippen LogP contribution in [0.2, 0.25) is 10.0 Å². The molecule has 0 bridgehead atoms. The number of halogens is 2. The summed E-state index contributed by atoms with van der Waals surface area (Å²) in [5.74, 6) is 0. The Bertz CT molecular complexity index is 865. The molecule has 8 heteroatoms. The van der Waals surface area contributed by atoms with E-state index in [1.807, 2.05) is 12.1 Å². The van der Waals surface area contributed by atoms with Gasteiger partial charge in [0.1, 0.15) is 4.90 Å². The van der Waals surface area contributed by atoms with Gasteiger partial charge in [0.25, 0.3) is 10.0 Å². The molecule has 2 aromatic carbocycles. The van der Waals surface area contributed by atoms with Gasteiger partial charge >= 0.3 is 0 Å². The fraction of sp³-hybridized carbons (Fsp3) is 0.333. The minimum Gasteiger partial charge on any atom is -0.360 e. The third kappa shape index (κ3) is 4.26.